The van der Waals surface area contributed by atoms with Gasteiger partial charge in [-0.05, 0) is 37.4 Å². The molecule has 26 heavy (non-hydrogen) atoms. The van der Waals surface area contributed by atoms with E-state index in [1.54, 1.807) is 36.4 Å². The average molecular weight is 354 g/mol. The van der Waals surface area contributed by atoms with E-state index in [2.05, 4.69) is 34.7 Å². The summed E-state index contributed by atoms with van der Waals surface area (Å²) in [5.74, 6) is -0.201. The molecule has 0 heterocycles. The Kier molecular flexibility index (Phi) is 7.64. The lowest BCUT2D eigenvalue weighted by Crippen LogP contribution is -2.35. The van der Waals surface area contributed by atoms with Gasteiger partial charge in [-0.15, -0.1) is 0 Å². The number of nitrogens with one attached hydrogen (secondary N) is 3. The Morgan fingerprint density at radius 3 is 2.23 bits per heavy atom. The predicted molar refractivity (Wildman–Crippen MR) is 106 cm³/mol. The highest BCUT2D eigenvalue weighted by Gasteiger charge is 2.13. The van der Waals surface area contributed by atoms with Crippen LogP contribution in [0.1, 0.15) is 24.2 Å². The van der Waals surface area contributed by atoms with Crippen molar-refractivity contribution in [1.82, 2.24) is 10.2 Å². The number of carbonyl (C=O) groups excluding carboxylic acids is 2. The van der Waals surface area contributed by atoms with E-state index >= 15 is 0 Å². The molecule has 6 heteroatoms. The molecule has 0 unspecified atom stereocenters. The summed E-state index contributed by atoms with van der Waals surface area (Å²) in [6, 6.07) is 15.7. The highest BCUT2D eigenvalue weighted by atomic mass is 16.2. The van der Waals surface area contributed by atoms with Crippen molar-refractivity contribution in [1.29, 1.82) is 0 Å². The minimum atomic E-state index is -0.389. The molecule has 0 aromatic heterocycles. The summed E-state index contributed by atoms with van der Waals surface area (Å²) in [4.78, 5) is 26.9. The molecule has 0 saturated heterocycles. The molecule has 0 saturated carbocycles. The summed E-state index contributed by atoms with van der Waals surface area (Å²) in [6.07, 6.45) is 0. The molecule has 0 aliphatic carbocycles. The number of rotatable bonds is 8. The van der Waals surface area contributed by atoms with Gasteiger partial charge in [0.25, 0.3) is 5.91 Å². The number of anilines is 2. The zero-order valence-electron chi connectivity index (χ0n) is 15.3. The Labute approximate surface area is 154 Å². The zero-order valence-corrected chi connectivity index (χ0v) is 15.3. The molecule has 138 valence electrons. The van der Waals surface area contributed by atoms with Gasteiger partial charge in [0, 0.05) is 18.8 Å². The van der Waals surface area contributed by atoms with Crippen LogP contribution in [0.15, 0.2) is 54.6 Å². The number of urea groups is 1. The minimum absolute atomic E-state index is 0.201. The van der Waals surface area contributed by atoms with Crippen molar-refractivity contribution in [3.05, 3.63) is 60.2 Å². The van der Waals surface area contributed by atoms with Crippen molar-refractivity contribution in [3.63, 3.8) is 0 Å². The number of carbonyl (C=O) groups is 2. The molecule has 0 aliphatic heterocycles. The molecule has 3 N–H and O–H groups in total. The van der Waals surface area contributed by atoms with Gasteiger partial charge in [0.15, 0.2) is 0 Å². The molecule has 0 spiro atoms. The maximum atomic E-state index is 12.5. The van der Waals surface area contributed by atoms with Gasteiger partial charge in [0.1, 0.15) is 0 Å². The van der Waals surface area contributed by atoms with Crippen molar-refractivity contribution in [2.75, 3.05) is 36.8 Å². The van der Waals surface area contributed by atoms with E-state index < -0.39 is 0 Å². The van der Waals surface area contributed by atoms with Crippen LogP contribution in [0.3, 0.4) is 0 Å². The van der Waals surface area contributed by atoms with Crippen molar-refractivity contribution in [3.8, 4) is 0 Å². The van der Waals surface area contributed by atoms with Crippen LogP contribution in [0.4, 0.5) is 16.2 Å². The van der Waals surface area contributed by atoms with Gasteiger partial charge in [0.2, 0.25) is 0 Å². The van der Waals surface area contributed by atoms with Crippen molar-refractivity contribution in [2.24, 2.45) is 0 Å². The number of benzene rings is 2. The van der Waals surface area contributed by atoms with Crippen LogP contribution in [0.5, 0.6) is 0 Å². The molecule has 2 aromatic rings. The fraction of sp³-hybridized carbons (Fsp3) is 0.300. The van der Waals surface area contributed by atoms with Gasteiger partial charge in [-0.25, -0.2) is 4.79 Å². The first-order chi connectivity index (χ1) is 12.6. The Morgan fingerprint density at radius 2 is 1.54 bits per heavy atom. The summed E-state index contributed by atoms with van der Waals surface area (Å²) in [5, 5.41) is 8.39. The fourth-order valence-corrected chi connectivity index (χ4v) is 2.56. The molecule has 0 fully saturated rings. The first-order valence-corrected chi connectivity index (χ1v) is 8.86. The van der Waals surface area contributed by atoms with Crippen LogP contribution in [-0.2, 0) is 0 Å². The van der Waals surface area contributed by atoms with E-state index in [-0.39, 0.29) is 11.9 Å². The van der Waals surface area contributed by atoms with Crippen molar-refractivity contribution < 1.29 is 9.59 Å². The topological polar surface area (TPSA) is 73.5 Å². The Hall–Kier alpha value is -2.86. The van der Waals surface area contributed by atoms with Crippen LogP contribution in [-0.4, -0.2) is 43.0 Å². The van der Waals surface area contributed by atoms with Gasteiger partial charge < -0.3 is 20.9 Å². The third-order valence-electron chi connectivity index (χ3n) is 4.06. The highest BCUT2D eigenvalue weighted by Crippen LogP contribution is 2.15. The van der Waals surface area contributed by atoms with Gasteiger partial charge in [-0.3, -0.25) is 4.79 Å². The molecule has 0 aliphatic rings. The van der Waals surface area contributed by atoms with Crippen molar-refractivity contribution in [2.45, 2.75) is 13.8 Å². The van der Waals surface area contributed by atoms with E-state index in [1.165, 1.54) is 0 Å². The maximum absolute atomic E-state index is 12.5. The van der Waals surface area contributed by atoms with Gasteiger partial charge in [0.05, 0.1) is 11.3 Å². The van der Waals surface area contributed by atoms with Crippen LogP contribution >= 0.6 is 0 Å². The van der Waals surface area contributed by atoms with E-state index in [1.807, 2.05) is 18.2 Å². The molecule has 0 radical (unpaired) electrons. The summed E-state index contributed by atoms with van der Waals surface area (Å²) < 4.78 is 0. The summed E-state index contributed by atoms with van der Waals surface area (Å²) in [7, 11) is 0. The van der Waals surface area contributed by atoms with Crippen LogP contribution in [0.25, 0.3) is 0 Å². The molecular formula is C20H26N4O2. The molecular weight excluding hydrogens is 328 g/mol. The molecule has 2 rings (SSSR count). The normalized spacial score (nSPS) is 10.4. The first-order valence-electron chi connectivity index (χ1n) is 8.86. The smallest absolute Gasteiger partial charge is 0.323 e. The summed E-state index contributed by atoms with van der Waals surface area (Å²) in [5.41, 5.74) is 1.60. The van der Waals surface area contributed by atoms with Crippen LogP contribution < -0.4 is 16.0 Å². The third-order valence-corrected chi connectivity index (χ3v) is 4.06. The second-order valence-electron chi connectivity index (χ2n) is 5.77. The summed E-state index contributed by atoms with van der Waals surface area (Å²) >= 11 is 0. The number of hydrogen-bond acceptors (Lipinski definition) is 3. The Balaban J connectivity index is 1.96. The Bertz CT molecular complexity index is 715. The van der Waals surface area contributed by atoms with Crippen LogP contribution in [0, 0.1) is 0 Å². The highest BCUT2D eigenvalue weighted by molar-refractivity contribution is 6.06. The Morgan fingerprint density at radius 1 is 0.885 bits per heavy atom. The maximum Gasteiger partial charge on any atom is 0.323 e. The van der Waals surface area contributed by atoms with Gasteiger partial charge in [-0.1, -0.05) is 44.2 Å². The van der Waals surface area contributed by atoms with Crippen molar-refractivity contribution >= 4 is 23.3 Å². The zero-order chi connectivity index (χ0) is 18.8. The molecule has 6 nitrogen and oxygen atoms in total. The van der Waals surface area contributed by atoms with E-state index in [0.717, 1.165) is 19.6 Å². The molecule has 0 bridgehead atoms. The second-order valence-corrected chi connectivity index (χ2v) is 5.77. The minimum Gasteiger partial charge on any atom is -0.351 e. The van der Waals surface area contributed by atoms with E-state index in [4.69, 9.17) is 0 Å². The number of amides is 3. The number of nitrogens with zero attached hydrogens (tertiary/aromatic N) is 1. The molecule has 0 atom stereocenters. The van der Waals surface area contributed by atoms with E-state index in [0.29, 0.717) is 23.5 Å². The standard InChI is InChI=1S/C20H26N4O2/c1-3-24(4-2)15-14-21-19(25)17-12-8-9-13-18(17)23-20(26)22-16-10-6-5-7-11-16/h5-13H,3-4,14-15H2,1-2H3,(H,21,25)(H2,22,23,26). The lowest BCUT2D eigenvalue weighted by molar-refractivity contribution is 0.0950. The van der Waals surface area contributed by atoms with Gasteiger partial charge in [-0.2, -0.15) is 0 Å². The monoisotopic (exact) mass is 354 g/mol. The number of para-hydroxylation sites is 2. The largest absolute Gasteiger partial charge is 0.351 e. The average Bonchev–Trinajstić information content (AvgIpc) is 2.66. The quantitative estimate of drug-likeness (QED) is 0.680. The first kappa shape index (κ1) is 19.5. The van der Waals surface area contributed by atoms with Gasteiger partial charge >= 0.3 is 6.03 Å². The lowest BCUT2D eigenvalue weighted by Gasteiger charge is -2.18. The molecule has 3 amide bonds. The van der Waals surface area contributed by atoms with E-state index in [9.17, 15) is 9.59 Å². The number of hydrogen-bond donors (Lipinski definition) is 3. The van der Waals surface area contributed by atoms with Crippen LogP contribution in [0.2, 0.25) is 0 Å². The third kappa shape index (κ3) is 5.89. The summed E-state index contributed by atoms with van der Waals surface area (Å²) in [6.45, 7) is 7.44. The number of likely N-dealkylation sites (N-methyl/N-ethyl adjacent to an activating group) is 1. The SMILES string of the molecule is CCN(CC)CCNC(=O)c1ccccc1NC(=O)Nc1ccccc1. The fourth-order valence-electron chi connectivity index (χ4n) is 2.56. The predicted octanol–water partition coefficient (Wildman–Crippen LogP) is 3.40. The molecule has 2 aromatic carbocycles. The second kappa shape index (κ2) is 10.2. The lowest BCUT2D eigenvalue weighted by atomic mass is 10.1.